The maximum absolute atomic E-state index is 12.9. The Morgan fingerprint density at radius 3 is 2.60 bits per heavy atom. The van der Waals surface area contributed by atoms with Crippen LogP contribution in [0.25, 0.3) is 0 Å². The number of hydrogen-bond donors (Lipinski definition) is 0. The fourth-order valence-corrected chi connectivity index (χ4v) is 4.90. The average Bonchev–Trinajstić information content (AvgIpc) is 3.24. The highest BCUT2D eigenvalue weighted by atomic mass is 16.2. The summed E-state index contributed by atoms with van der Waals surface area (Å²) in [4.78, 5) is 29.8. The second kappa shape index (κ2) is 8.62. The van der Waals surface area contributed by atoms with Crippen LogP contribution < -0.4 is 0 Å². The van der Waals surface area contributed by atoms with Crippen LogP contribution in [-0.2, 0) is 22.7 Å². The summed E-state index contributed by atoms with van der Waals surface area (Å²) in [7, 11) is 0. The number of benzene rings is 1. The molecule has 0 spiro atoms. The molecule has 0 radical (unpaired) electrons. The lowest BCUT2D eigenvalue weighted by Gasteiger charge is -2.30. The average molecular weight is 409 g/mol. The molecule has 3 heterocycles. The lowest BCUT2D eigenvalue weighted by atomic mass is 9.98. The summed E-state index contributed by atoms with van der Waals surface area (Å²) < 4.78 is 1.91. The number of rotatable bonds is 5. The molecule has 0 unspecified atom stereocenters. The second-order valence-corrected chi connectivity index (χ2v) is 8.93. The van der Waals surface area contributed by atoms with E-state index in [1.54, 1.807) is 0 Å². The molecule has 6 nitrogen and oxygen atoms in total. The Balaban J connectivity index is 1.43. The summed E-state index contributed by atoms with van der Waals surface area (Å²) in [5.74, 6) is 0.762. The van der Waals surface area contributed by atoms with Crippen LogP contribution in [0.3, 0.4) is 0 Å². The van der Waals surface area contributed by atoms with Gasteiger partial charge >= 0.3 is 0 Å². The van der Waals surface area contributed by atoms with Crippen molar-refractivity contribution >= 4 is 11.8 Å². The van der Waals surface area contributed by atoms with E-state index in [4.69, 9.17) is 0 Å². The summed E-state index contributed by atoms with van der Waals surface area (Å²) >= 11 is 0. The first-order valence-electron chi connectivity index (χ1n) is 11.0. The van der Waals surface area contributed by atoms with Crippen molar-refractivity contribution in [1.29, 1.82) is 0 Å². The molecule has 2 amide bonds. The third-order valence-corrected chi connectivity index (χ3v) is 6.56. The standard InChI is InChI=1S/C24H32N4O2/c1-17-7-9-20(10-8-17)14-27-22-16-26(15-21(22)5-4-6-24(27)30)23(29)11-12-28-19(3)13-18(2)25-28/h7-10,13,21-22H,4-6,11-12,14-16H2,1-3H3/t21-,22+/m1/s1. The number of aryl methyl sites for hydroxylation is 4. The van der Waals surface area contributed by atoms with Crippen molar-refractivity contribution in [1.82, 2.24) is 19.6 Å². The quantitative estimate of drug-likeness (QED) is 0.763. The van der Waals surface area contributed by atoms with Gasteiger partial charge in [0.1, 0.15) is 0 Å². The Morgan fingerprint density at radius 1 is 1.13 bits per heavy atom. The fraction of sp³-hybridized carbons (Fsp3) is 0.542. The molecule has 1 aromatic heterocycles. The largest absolute Gasteiger partial charge is 0.340 e. The van der Waals surface area contributed by atoms with Crippen molar-refractivity contribution in [3.63, 3.8) is 0 Å². The third-order valence-electron chi connectivity index (χ3n) is 6.56. The SMILES string of the molecule is Cc1ccc(CN2C(=O)CCC[C@@H]3CN(C(=O)CCn4nc(C)cc4C)C[C@@H]32)cc1. The molecule has 1 aromatic carbocycles. The molecule has 0 N–H and O–H groups in total. The number of likely N-dealkylation sites (tertiary alicyclic amines) is 2. The first-order valence-corrected chi connectivity index (χ1v) is 11.0. The van der Waals surface area contributed by atoms with Crippen LogP contribution in [-0.4, -0.2) is 50.5 Å². The molecule has 4 rings (SSSR count). The molecular weight excluding hydrogens is 376 g/mol. The topological polar surface area (TPSA) is 58.4 Å². The van der Waals surface area contributed by atoms with Crippen molar-refractivity contribution in [2.75, 3.05) is 13.1 Å². The van der Waals surface area contributed by atoms with Crippen LogP contribution in [0.1, 0.15) is 48.2 Å². The van der Waals surface area contributed by atoms with Gasteiger partial charge in [0.15, 0.2) is 0 Å². The molecular formula is C24H32N4O2. The predicted molar refractivity (Wildman–Crippen MR) is 116 cm³/mol. The normalized spacial score (nSPS) is 21.6. The van der Waals surface area contributed by atoms with Crippen molar-refractivity contribution in [2.45, 2.75) is 65.6 Å². The summed E-state index contributed by atoms with van der Waals surface area (Å²) in [5, 5.41) is 4.46. The molecule has 160 valence electrons. The number of nitrogens with zero attached hydrogens (tertiary/aromatic N) is 4. The third kappa shape index (κ3) is 4.42. The van der Waals surface area contributed by atoms with E-state index in [-0.39, 0.29) is 17.9 Å². The van der Waals surface area contributed by atoms with Crippen LogP contribution in [0.4, 0.5) is 0 Å². The van der Waals surface area contributed by atoms with Gasteiger partial charge in [0.05, 0.1) is 11.7 Å². The monoisotopic (exact) mass is 408 g/mol. The molecule has 0 saturated carbocycles. The lowest BCUT2D eigenvalue weighted by Crippen LogP contribution is -2.43. The Labute approximate surface area is 178 Å². The Hall–Kier alpha value is -2.63. The maximum atomic E-state index is 12.9. The summed E-state index contributed by atoms with van der Waals surface area (Å²) in [5.41, 5.74) is 4.44. The number of fused-ring (bicyclic) bond motifs is 1. The number of amides is 2. The number of hydrogen-bond acceptors (Lipinski definition) is 3. The minimum Gasteiger partial charge on any atom is -0.340 e. The lowest BCUT2D eigenvalue weighted by molar-refractivity contribution is -0.135. The van der Waals surface area contributed by atoms with Crippen molar-refractivity contribution in [3.8, 4) is 0 Å². The zero-order chi connectivity index (χ0) is 21.3. The van der Waals surface area contributed by atoms with E-state index in [2.05, 4.69) is 36.3 Å². The van der Waals surface area contributed by atoms with Gasteiger partial charge in [-0.05, 0) is 51.2 Å². The highest BCUT2D eigenvalue weighted by Crippen LogP contribution is 2.32. The molecule has 6 heteroatoms. The zero-order valence-corrected chi connectivity index (χ0v) is 18.3. The fourth-order valence-electron chi connectivity index (χ4n) is 4.90. The molecule has 2 aromatic rings. The molecule has 30 heavy (non-hydrogen) atoms. The predicted octanol–water partition coefficient (Wildman–Crippen LogP) is 3.24. The minimum absolute atomic E-state index is 0.124. The van der Waals surface area contributed by atoms with Gasteiger partial charge < -0.3 is 9.80 Å². The smallest absolute Gasteiger partial charge is 0.224 e. The summed E-state index contributed by atoms with van der Waals surface area (Å²) in [6, 6.07) is 10.6. The van der Waals surface area contributed by atoms with Gasteiger partial charge in [0, 0.05) is 44.7 Å². The maximum Gasteiger partial charge on any atom is 0.224 e. The highest BCUT2D eigenvalue weighted by molar-refractivity contribution is 5.78. The Bertz CT molecular complexity index is 918. The van der Waals surface area contributed by atoms with E-state index in [9.17, 15) is 9.59 Å². The molecule has 2 aliphatic rings. The summed E-state index contributed by atoms with van der Waals surface area (Å²) in [6.07, 6.45) is 3.00. The Kier molecular flexibility index (Phi) is 5.93. The van der Waals surface area contributed by atoms with Crippen LogP contribution in [0.15, 0.2) is 30.3 Å². The summed E-state index contributed by atoms with van der Waals surface area (Å²) in [6.45, 7) is 8.72. The van der Waals surface area contributed by atoms with Crippen LogP contribution in [0.5, 0.6) is 0 Å². The van der Waals surface area contributed by atoms with E-state index in [0.29, 0.717) is 38.4 Å². The van der Waals surface area contributed by atoms with E-state index >= 15 is 0 Å². The van der Waals surface area contributed by atoms with Gasteiger partial charge in [-0.3, -0.25) is 14.3 Å². The molecule has 2 saturated heterocycles. The van der Waals surface area contributed by atoms with Crippen LogP contribution in [0.2, 0.25) is 0 Å². The molecule has 2 aliphatic heterocycles. The first-order chi connectivity index (χ1) is 14.4. The van der Waals surface area contributed by atoms with Gasteiger partial charge in [0.2, 0.25) is 11.8 Å². The van der Waals surface area contributed by atoms with Crippen LogP contribution >= 0.6 is 0 Å². The molecule has 0 bridgehead atoms. The van der Waals surface area contributed by atoms with Crippen molar-refractivity contribution in [2.24, 2.45) is 5.92 Å². The van der Waals surface area contributed by atoms with E-state index in [1.165, 1.54) is 5.56 Å². The van der Waals surface area contributed by atoms with E-state index < -0.39 is 0 Å². The molecule has 0 aliphatic carbocycles. The minimum atomic E-state index is 0.124. The van der Waals surface area contributed by atoms with Gasteiger partial charge in [-0.1, -0.05) is 29.8 Å². The number of carbonyl (C=O) groups is 2. The van der Waals surface area contributed by atoms with Gasteiger partial charge in [-0.25, -0.2) is 0 Å². The first kappa shape index (κ1) is 20.6. The van der Waals surface area contributed by atoms with Crippen LogP contribution in [0, 0.1) is 26.7 Å². The zero-order valence-electron chi connectivity index (χ0n) is 18.3. The van der Waals surface area contributed by atoms with Crippen molar-refractivity contribution in [3.05, 3.63) is 52.8 Å². The van der Waals surface area contributed by atoms with E-state index in [1.807, 2.05) is 34.4 Å². The number of aromatic nitrogens is 2. The molecule has 2 fully saturated rings. The van der Waals surface area contributed by atoms with Gasteiger partial charge in [-0.2, -0.15) is 5.10 Å². The Morgan fingerprint density at radius 2 is 1.90 bits per heavy atom. The molecule has 2 atom stereocenters. The highest BCUT2D eigenvalue weighted by Gasteiger charge is 2.41. The van der Waals surface area contributed by atoms with Gasteiger partial charge in [-0.15, -0.1) is 0 Å². The second-order valence-electron chi connectivity index (χ2n) is 8.93. The van der Waals surface area contributed by atoms with E-state index in [0.717, 1.165) is 36.3 Å². The van der Waals surface area contributed by atoms with Crippen molar-refractivity contribution < 1.29 is 9.59 Å². The van der Waals surface area contributed by atoms with Gasteiger partial charge in [0.25, 0.3) is 0 Å². The number of carbonyl (C=O) groups excluding carboxylic acids is 2.